The van der Waals surface area contributed by atoms with E-state index >= 15 is 8.78 Å². The molecule has 1 aromatic heterocycles. The Bertz CT molecular complexity index is 1430. The number of nitrogens with zero attached hydrogens (tertiary/aromatic N) is 1. The number of carbonyl (C=O) groups excluding carboxylic acids is 1. The fourth-order valence-electron chi connectivity index (χ4n) is 5.49. The zero-order valence-electron chi connectivity index (χ0n) is 22.1. The first-order valence-electron chi connectivity index (χ1n) is 13.3. The van der Waals surface area contributed by atoms with Gasteiger partial charge in [-0.1, -0.05) is 32.6 Å². The highest BCUT2D eigenvalue weighted by Gasteiger charge is 2.25. The Morgan fingerprint density at radius 2 is 1.68 bits per heavy atom. The second kappa shape index (κ2) is 12.5. The van der Waals surface area contributed by atoms with E-state index < -0.39 is 52.3 Å². The summed E-state index contributed by atoms with van der Waals surface area (Å²) >= 11 is 0. The molecular formula is C30H32F3N3O4. The van der Waals surface area contributed by atoms with Crippen LogP contribution in [-0.2, 0) is 11.3 Å². The molecule has 7 nitrogen and oxygen atoms in total. The summed E-state index contributed by atoms with van der Waals surface area (Å²) in [6.45, 7) is 1.90. The van der Waals surface area contributed by atoms with Gasteiger partial charge in [0, 0.05) is 18.2 Å². The van der Waals surface area contributed by atoms with E-state index in [2.05, 4.69) is 5.32 Å². The van der Waals surface area contributed by atoms with Crippen LogP contribution in [0.1, 0.15) is 66.9 Å². The number of nitrogens with two attached hydrogens (primary N) is 1. The quantitative estimate of drug-likeness (QED) is 0.280. The molecule has 4 N–H and O–H groups in total. The first kappa shape index (κ1) is 29.1. The van der Waals surface area contributed by atoms with Gasteiger partial charge in [0.2, 0.25) is 0 Å². The van der Waals surface area contributed by atoms with Gasteiger partial charge in [0.1, 0.15) is 23.4 Å². The fourth-order valence-corrected chi connectivity index (χ4v) is 5.49. The molecule has 1 saturated carbocycles. The minimum absolute atomic E-state index is 0.0752. The summed E-state index contributed by atoms with van der Waals surface area (Å²) in [5.74, 6) is -4.17. The summed E-state index contributed by atoms with van der Waals surface area (Å²) in [7, 11) is 0. The molecule has 1 aliphatic carbocycles. The number of hydrogen-bond donors (Lipinski definition) is 3. The molecule has 1 fully saturated rings. The van der Waals surface area contributed by atoms with Crippen LogP contribution >= 0.6 is 0 Å². The van der Waals surface area contributed by atoms with E-state index in [0.717, 1.165) is 55.7 Å². The fraction of sp³-hybridized carbons (Fsp3) is 0.367. The molecule has 0 spiro atoms. The number of carboxylic acids is 1. The molecule has 0 bridgehead atoms. The van der Waals surface area contributed by atoms with Crippen molar-refractivity contribution >= 4 is 17.6 Å². The van der Waals surface area contributed by atoms with Crippen LogP contribution in [0.15, 0.2) is 53.3 Å². The van der Waals surface area contributed by atoms with Gasteiger partial charge in [0.05, 0.1) is 5.56 Å². The second-order valence-corrected chi connectivity index (χ2v) is 10.5. The van der Waals surface area contributed by atoms with Gasteiger partial charge in [-0.2, -0.15) is 0 Å². The number of anilines is 1. The van der Waals surface area contributed by atoms with Crippen molar-refractivity contribution in [1.82, 2.24) is 9.88 Å². The van der Waals surface area contributed by atoms with E-state index in [9.17, 15) is 23.9 Å². The van der Waals surface area contributed by atoms with Gasteiger partial charge in [0.15, 0.2) is 17.4 Å². The first-order valence-corrected chi connectivity index (χ1v) is 13.3. The molecular weight excluding hydrogens is 523 g/mol. The van der Waals surface area contributed by atoms with Crippen LogP contribution in [0.25, 0.3) is 5.69 Å². The highest BCUT2D eigenvalue weighted by molar-refractivity contribution is 6.11. The van der Waals surface area contributed by atoms with Crippen LogP contribution in [0, 0.1) is 29.3 Å². The number of benzene rings is 2. The number of rotatable bonds is 11. The number of carbonyl (C=O) groups is 2. The van der Waals surface area contributed by atoms with E-state index in [1.165, 1.54) is 25.0 Å². The summed E-state index contributed by atoms with van der Waals surface area (Å²) in [5.41, 5.74) is 4.45. The third-order valence-electron chi connectivity index (χ3n) is 7.48. The number of ketones is 1. The van der Waals surface area contributed by atoms with Crippen LogP contribution < -0.4 is 16.6 Å². The Balaban J connectivity index is 1.54. The lowest BCUT2D eigenvalue weighted by atomic mass is 9.90. The van der Waals surface area contributed by atoms with Crippen molar-refractivity contribution in [2.45, 2.75) is 58.0 Å². The standard InChI is InChI=1S/C30H32F3N3O4/c1-17(12-18-4-2-3-5-18)13-25(30(39)40)35-16-19-14-23(32)27(24(33)15-19)36-26(37)11-10-22(29(36)34)28(38)20-6-8-21(31)9-7-20/h6-11,14-15,17-18,25,35H,2-5,12-13,16,34H2,1H3,(H,39,40). The summed E-state index contributed by atoms with van der Waals surface area (Å²) in [5, 5.41) is 12.6. The van der Waals surface area contributed by atoms with Gasteiger partial charge in [-0.3, -0.25) is 19.0 Å². The highest BCUT2D eigenvalue weighted by atomic mass is 19.1. The Labute approximate surface area is 229 Å². The molecule has 10 heteroatoms. The minimum atomic E-state index is -1.11. The maximum atomic E-state index is 15.3. The van der Waals surface area contributed by atoms with Gasteiger partial charge in [0.25, 0.3) is 5.56 Å². The number of nitrogen functional groups attached to an aromatic ring is 1. The Morgan fingerprint density at radius 1 is 1.05 bits per heavy atom. The van der Waals surface area contributed by atoms with Gasteiger partial charge >= 0.3 is 5.97 Å². The van der Waals surface area contributed by atoms with Crippen LogP contribution in [0.3, 0.4) is 0 Å². The molecule has 2 atom stereocenters. The van der Waals surface area contributed by atoms with Gasteiger partial charge in [-0.25, -0.2) is 13.2 Å². The average Bonchev–Trinajstić information content (AvgIpc) is 3.41. The van der Waals surface area contributed by atoms with Crippen molar-refractivity contribution in [2.24, 2.45) is 11.8 Å². The first-order chi connectivity index (χ1) is 19.0. The van der Waals surface area contributed by atoms with Crippen molar-refractivity contribution in [2.75, 3.05) is 5.73 Å². The van der Waals surface area contributed by atoms with Crippen LogP contribution in [0.2, 0.25) is 0 Å². The van der Waals surface area contributed by atoms with Crippen molar-refractivity contribution in [3.63, 3.8) is 0 Å². The lowest BCUT2D eigenvalue weighted by Crippen LogP contribution is -2.37. The summed E-state index contributed by atoms with van der Waals surface area (Å²) in [6.07, 6.45) is 6.07. The topological polar surface area (TPSA) is 114 Å². The number of nitrogens with one attached hydrogen (secondary N) is 1. The summed E-state index contributed by atoms with van der Waals surface area (Å²) in [6, 6.07) is 7.83. The molecule has 2 unspecified atom stereocenters. The molecule has 1 aliphatic rings. The Hall–Kier alpha value is -3.92. The van der Waals surface area contributed by atoms with Crippen LogP contribution in [0.4, 0.5) is 19.0 Å². The third-order valence-corrected chi connectivity index (χ3v) is 7.48. The van der Waals surface area contributed by atoms with E-state index in [0.29, 0.717) is 16.9 Å². The molecule has 1 heterocycles. The van der Waals surface area contributed by atoms with Crippen LogP contribution in [-0.4, -0.2) is 27.5 Å². The van der Waals surface area contributed by atoms with E-state index in [4.69, 9.17) is 5.73 Å². The molecule has 2 aromatic carbocycles. The number of pyridine rings is 1. The predicted molar refractivity (Wildman–Crippen MR) is 145 cm³/mol. The predicted octanol–water partition coefficient (Wildman–Crippen LogP) is 5.22. The molecule has 0 saturated heterocycles. The maximum Gasteiger partial charge on any atom is 0.320 e. The highest BCUT2D eigenvalue weighted by Crippen LogP contribution is 2.31. The third kappa shape index (κ3) is 6.62. The minimum Gasteiger partial charge on any atom is -0.480 e. The average molecular weight is 556 g/mol. The van der Waals surface area contributed by atoms with Crippen molar-refractivity contribution in [3.8, 4) is 5.69 Å². The number of halogens is 3. The molecule has 40 heavy (non-hydrogen) atoms. The number of carboxylic acid groups (broad SMARTS) is 1. The Kier molecular flexibility index (Phi) is 9.09. The lowest BCUT2D eigenvalue weighted by molar-refractivity contribution is -0.140. The van der Waals surface area contributed by atoms with E-state index in [-0.39, 0.29) is 29.2 Å². The molecule has 4 rings (SSSR count). The number of aromatic nitrogens is 1. The summed E-state index contributed by atoms with van der Waals surface area (Å²) in [4.78, 5) is 37.4. The normalized spacial score (nSPS) is 15.2. The van der Waals surface area contributed by atoms with Crippen molar-refractivity contribution in [3.05, 3.63) is 93.0 Å². The van der Waals surface area contributed by atoms with Gasteiger partial charge < -0.3 is 16.2 Å². The van der Waals surface area contributed by atoms with E-state index in [1.54, 1.807) is 0 Å². The lowest BCUT2D eigenvalue weighted by Gasteiger charge is -2.21. The van der Waals surface area contributed by atoms with Crippen molar-refractivity contribution in [1.29, 1.82) is 0 Å². The molecule has 0 aliphatic heterocycles. The molecule has 3 aromatic rings. The second-order valence-electron chi connectivity index (χ2n) is 10.5. The monoisotopic (exact) mass is 555 g/mol. The zero-order valence-corrected chi connectivity index (χ0v) is 22.1. The number of aliphatic carboxylic acids is 1. The van der Waals surface area contributed by atoms with Crippen LogP contribution in [0.5, 0.6) is 0 Å². The van der Waals surface area contributed by atoms with Crippen molar-refractivity contribution < 1.29 is 27.9 Å². The molecule has 0 amide bonds. The molecule has 212 valence electrons. The Morgan fingerprint density at radius 3 is 2.27 bits per heavy atom. The number of hydrogen-bond acceptors (Lipinski definition) is 5. The smallest absolute Gasteiger partial charge is 0.320 e. The maximum absolute atomic E-state index is 15.3. The largest absolute Gasteiger partial charge is 0.480 e. The van der Waals surface area contributed by atoms with Gasteiger partial charge in [-0.15, -0.1) is 0 Å². The zero-order chi connectivity index (χ0) is 29.0. The van der Waals surface area contributed by atoms with Gasteiger partial charge in [-0.05, 0) is 72.7 Å². The van der Waals surface area contributed by atoms with E-state index in [1.807, 2.05) is 6.92 Å². The SMILES string of the molecule is CC(CC1CCCC1)CC(NCc1cc(F)c(-n2c(N)c(C(=O)c3ccc(F)cc3)ccc2=O)c(F)c1)C(=O)O. The molecule has 0 radical (unpaired) electrons. The summed E-state index contributed by atoms with van der Waals surface area (Å²) < 4.78 is 44.3.